The summed E-state index contributed by atoms with van der Waals surface area (Å²) in [7, 11) is 1.76. The third-order valence-corrected chi connectivity index (χ3v) is 6.82. The Morgan fingerprint density at radius 2 is 1.50 bits per heavy atom. The van der Waals surface area contributed by atoms with Crippen molar-refractivity contribution < 1.29 is 9.59 Å². The van der Waals surface area contributed by atoms with Gasteiger partial charge in [-0.2, -0.15) is 0 Å². The molecule has 0 aliphatic carbocycles. The van der Waals surface area contributed by atoms with E-state index in [0.717, 1.165) is 14.4 Å². The highest BCUT2D eigenvalue weighted by atomic mass is 32.2. The minimum Gasteiger partial charge on any atom is -0.343 e. The first-order valence-electron chi connectivity index (χ1n) is 8.23. The van der Waals surface area contributed by atoms with E-state index in [2.05, 4.69) is 10.2 Å². The monoisotopic (exact) mass is 410 g/mol. The molecule has 0 fully saturated rings. The SMILES string of the molecule is CCN(CC)C(=O)CSc1nnc(SCC(=O)N(C)c2ccccc2)s1. The first kappa shape index (κ1) is 20.7. The van der Waals surface area contributed by atoms with Crippen LogP contribution >= 0.6 is 34.9 Å². The van der Waals surface area contributed by atoms with E-state index in [4.69, 9.17) is 0 Å². The van der Waals surface area contributed by atoms with Crippen LogP contribution in [-0.2, 0) is 9.59 Å². The van der Waals surface area contributed by atoms with Crippen LogP contribution < -0.4 is 4.90 Å². The second kappa shape index (κ2) is 10.5. The van der Waals surface area contributed by atoms with Crippen molar-refractivity contribution in [2.75, 3.05) is 36.5 Å². The summed E-state index contributed by atoms with van der Waals surface area (Å²) in [5.74, 6) is 0.756. The molecule has 2 aromatic rings. The van der Waals surface area contributed by atoms with Crippen molar-refractivity contribution in [3.8, 4) is 0 Å². The smallest absolute Gasteiger partial charge is 0.237 e. The number of hydrogen-bond donors (Lipinski definition) is 0. The Morgan fingerprint density at radius 1 is 0.962 bits per heavy atom. The van der Waals surface area contributed by atoms with E-state index >= 15 is 0 Å². The second-order valence-corrected chi connectivity index (χ2v) is 8.69. The van der Waals surface area contributed by atoms with Gasteiger partial charge >= 0.3 is 0 Å². The number of benzene rings is 1. The summed E-state index contributed by atoms with van der Waals surface area (Å²) >= 11 is 4.17. The standard InChI is InChI=1S/C17H22N4O2S3/c1-4-21(5-2)15(23)12-25-17-19-18-16(26-17)24-11-14(22)20(3)13-9-7-6-8-10-13/h6-10H,4-5,11-12H2,1-3H3. The van der Waals surface area contributed by atoms with Gasteiger partial charge in [0.2, 0.25) is 11.8 Å². The molecule has 1 aromatic carbocycles. The van der Waals surface area contributed by atoms with Gasteiger partial charge in [0, 0.05) is 25.8 Å². The highest BCUT2D eigenvalue weighted by Crippen LogP contribution is 2.29. The topological polar surface area (TPSA) is 66.4 Å². The van der Waals surface area contributed by atoms with Crippen LogP contribution in [0.15, 0.2) is 39.0 Å². The Bertz CT molecular complexity index is 720. The van der Waals surface area contributed by atoms with Gasteiger partial charge in [0.1, 0.15) is 0 Å². The average molecular weight is 411 g/mol. The molecule has 6 nitrogen and oxygen atoms in total. The van der Waals surface area contributed by atoms with Gasteiger partial charge in [-0.05, 0) is 26.0 Å². The third-order valence-electron chi connectivity index (χ3n) is 3.66. The first-order chi connectivity index (χ1) is 12.5. The molecule has 2 rings (SSSR count). The minimum absolute atomic E-state index is 0.00214. The van der Waals surface area contributed by atoms with Crippen molar-refractivity contribution in [3.05, 3.63) is 30.3 Å². The van der Waals surface area contributed by atoms with Crippen LogP contribution in [0.1, 0.15) is 13.8 Å². The van der Waals surface area contributed by atoms with Gasteiger partial charge in [-0.15, -0.1) is 10.2 Å². The van der Waals surface area contributed by atoms with E-state index in [-0.39, 0.29) is 11.8 Å². The number of aromatic nitrogens is 2. The maximum atomic E-state index is 12.3. The van der Waals surface area contributed by atoms with Gasteiger partial charge in [0.05, 0.1) is 11.5 Å². The number of amides is 2. The molecule has 140 valence electrons. The van der Waals surface area contributed by atoms with Crippen molar-refractivity contribution in [2.45, 2.75) is 22.5 Å². The second-order valence-electron chi connectivity index (χ2n) is 5.27. The molecule has 0 unspecified atom stereocenters. The molecule has 9 heteroatoms. The van der Waals surface area contributed by atoms with E-state index in [1.165, 1.54) is 34.9 Å². The van der Waals surface area contributed by atoms with Gasteiger partial charge < -0.3 is 9.80 Å². The lowest BCUT2D eigenvalue weighted by atomic mass is 10.3. The molecule has 0 saturated carbocycles. The lowest BCUT2D eigenvalue weighted by molar-refractivity contribution is -0.128. The maximum absolute atomic E-state index is 12.3. The predicted octanol–water partition coefficient (Wildman–Crippen LogP) is 3.25. The minimum atomic E-state index is 0.00214. The molecule has 1 aromatic heterocycles. The zero-order valence-electron chi connectivity index (χ0n) is 15.0. The van der Waals surface area contributed by atoms with Gasteiger partial charge in [-0.1, -0.05) is 53.1 Å². The Hall–Kier alpha value is -1.58. The highest BCUT2D eigenvalue weighted by molar-refractivity contribution is 8.03. The number of carbonyl (C=O) groups is 2. The van der Waals surface area contributed by atoms with E-state index in [0.29, 0.717) is 24.6 Å². The third kappa shape index (κ3) is 6.00. The van der Waals surface area contributed by atoms with Crippen molar-refractivity contribution in [1.82, 2.24) is 15.1 Å². The summed E-state index contributed by atoms with van der Waals surface area (Å²) in [6.07, 6.45) is 0. The number of carbonyl (C=O) groups excluding carboxylic acids is 2. The van der Waals surface area contributed by atoms with Gasteiger partial charge in [0.25, 0.3) is 0 Å². The largest absolute Gasteiger partial charge is 0.343 e. The maximum Gasteiger partial charge on any atom is 0.237 e. The van der Waals surface area contributed by atoms with E-state index in [9.17, 15) is 9.59 Å². The first-order valence-corrected chi connectivity index (χ1v) is 11.0. The predicted molar refractivity (Wildman–Crippen MR) is 109 cm³/mol. The molecular formula is C17H22N4O2S3. The van der Waals surface area contributed by atoms with Gasteiger partial charge in [-0.25, -0.2) is 0 Å². The fraction of sp³-hybridized carbons (Fsp3) is 0.412. The van der Waals surface area contributed by atoms with Crippen LogP contribution in [0.2, 0.25) is 0 Å². The molecule has 0 spiro atoms. The number of para-hydroxylation sites is 1. The molecule has 0 aliphatic rings. The molecule has 1 heterocycles. The van der Waals surface area contributed by atoms with Gasteiger partial charge in [-0.3, -0.25) is 9.59 Å². The summed E-state index contributed by atoms with van der Waals surface area (Å²) in [5.41, 5.74) is 0.863. The molecule has 0 radical (unpaired) electrons. The zero-order chi connectivity index (χ0) is 18.9. The van der Waals surface area contributed by atoms with Crippen LogP contribution in [0.5, 0.6) is 0 Å². The Morgan fingerprint density at radius 3 is 2.04 bits per heavy atom. The lowest BCUT2D eigenvalue weighted by Crippen LogP contribution is -2.31. The van der Waals surface area contributed by atoms with Crippen LogP contribution in [-0.4, -0.2) is 58.6 Å². The number of rotatable bonds is 9. The quantitative estimate of drug-likeness (QED) is 0.591. The molecule has 0 N–H and O–H groups in total. The van der Waals surface area contributed by atoms with Crippen molar-refractivity contribution in [3.63, 3.8) is 0 Å². The van der Waals surface area contributed by atoms with Crippen LogP contribution in [0.4, 0.5) is 5.69 Å². The Labute approximate surface area is 166 Å². The van der Waals surface area contributed by atoms with Crippen molar-refractivity contribution in [1.29, 1.82) is 0 Å². The Balaban J connectivity index is 1.81. The van der Waals surface area contributed by atoms with E-state index in [1.54, 1.807) is 16.8 Å². The molecule has 0 saturated heterocycles. The number of thioether (sulfide) groups is 2. The number of hydrogen-bond acceptors (Lipinski definition) is 7. The summed E-state index contributed by atoms with van der Waals surface area (Å²) in [6.45, 7) is 5.36. The fourth-order valence-corrected chi connectivity index (χ4v) is 4.96. The lowest BCUT2D eigenvalue weighted by Gasteiger charge is -2.17. The summed E-state index contributed by atoms with van der Waals surface area (Å²) in [6, 6.07) is 9.52. The van der Waals surface area contributed by atoms with Crippen molar-refractivity contribution in [2.24, 2.45) is 0 Å². The summed E-state index contributed by atoms with van der Waals surface area (Å²) in [4.78, 5) is 27.7. The van der Waals surface area contributed by atoms with E-state index in [1.807, 2.05) is 44.2 Å². The van der Waals surface area contributed by atoms with Crippen LogP contribution in [0.25, 0.3) is 0 Å². The van der Waals surface area contributed by atoms with Gasteiger partial charge in [0.15, 0.2) is 8.68 Å². The number of nitrogens with zero attached hydrogens (tertiary/aromatic N) is 4. The zero-order valence-corrected chi connectivity index (χ0v) is 17.5. The normalized spacial score (nSPS) is 10.6. The average Bonchev–Trinajstić information content (AvgIpc) is 3.13. The van der Waals surface area contributed by atoms with E-state index < -0.39 is 0 Å². The molecule has 0 atom stereocenters. The summed E-state index contributed by atoms with van der Waals surface area (Å²) in [5, 5.41) is 8.19. The molecule has 2 amide bonds. The molecular weight excluding hydrogens is 388 g/mol. The Kier molecular flexibility index (Phi) is 8.40. The van der Waals surface area contributed by atoms with Crippen LogP contribution in [0.3, 0.4) is 0 Å². The van der Waals surface area contributed by atoms with Crippen molar-refractivity contribution >= 4 is 52.4 Å². The highest BCUT2D eigenvalue weighted by Gasteiger charge is 2.15. The molecule has 26 heavy (non-hydrogen) atoms. The van der Waals surface area contributed by atoms with Crippen LogP contribution in [0, 0.1) is 0 Å². The molecule has 0 bridgehead atoms. The fourth-order valence-electron chi connectivity index (χ4n) is 2.12. The number of anilines is 1. The molecule has 0 aliphatic heterocycles. The summed E-state index contributed by atoms with van der Waals surface area (Å²) < 4.78 is 1.48.